The molecule has 0 saturated carbocycles. The van der Waals surface area contributed by atoms with E-state index in [2.05, 4.69) is 31.4 Å². The summed E-state index contributed by atoms with van der Waals surface area (Å²) in [7, 11) is 0. The summed E-state index contributed by atoms with van der Waals surface area (Å²) in [5, 5.41) is 14.9. The molecule has 1 aliphatic heterocycles. The van der Waals surface area contributed by atoms with E-state index in [4.69, 9.17) is 0 Å². The van der Waals surface area contributed by atoms with Crippen LogP contribution in [0, 0.1) is 0 Å². The number of amides is 3. The molecular weight excluding hydrogens is 448 g/mol. The van der Waals surface area contributed by atoms with E-state index < -0.39 is 0 Å². The van der Waals surface area contributed by atoms with Crippen LogP contribution in [-0.4, -0.2) is 33.6 Å². The highest BCUT2D eigenvalue weighted by atomic mass is 16.2. The lowest BCUT2D eigenvalue weighted by Crippen LogP contribution is -2.13. The number of hydrogen-bond donors (Lipinski definition) is 5. The normalized spacial score (nSPS) is 14.2. The zero-order chi connectivity index (χ0) is 24.9. The molecular formula is C25H22N6O4. The predicted octanol–water partition coefficient (Wildman–Crippen LogP) is 2.76. The van der Waals surface area contributed by atoms with E-state index >= 15 is 0 Å². The largest absolute Gasteiger partial charge is 0.326 e. The van der Waals surface area contributed by atoms with Crippen molar-refractivity contribution in [1.29, 1.82) is 0 Å². The van der Waals surface area contributed by atoms with Crippen LogP contribution in [0.5, 0.6) is 0 Å². The second-order valence-corrected chi connectivity index (χ2v) is 7.73. The van der Waals surface area contributed by atoms with Crippen LogP contribution in [-0.2, 0) is 14.4 Å². The number of nitrogens with one attached hydrogen (secondary N) is 5. The van der Waals surface area contributed by atoms with Crippen LogP contribution < -0.4 is 21.6 Å². The number of nitrogens with zero attached hydrogens (tertiary/aromatic N) is 1. The monoisotopic (exact) mass is 470 g/mol. The molecule has 0 aliphatic carbocycles. The highest BCUT2D eigenvalue weighted by molar-refractivity contribution is 6.31. The minimum absolute atomic E-state index is 0.174. The molecule has 0 spiro atoms. The maximum Gasteiger partial charge on any atom is 0.273 e. The van der Waals surface area contributed by atoms with E-state index in [1.165, 1.54) is 13.8 Å². The summed E-state index contributed by atoms with van der Waals surface area (Å²) >= 11 is 0. The molecule has 3 amide bonds. The van der Waals surface area contributed by atoms with Crippen molar-refractivity contribution in [2.75, 3.05) is 10.6 Å². The van der Waals surface area contributed by atoms with Gasteiger partial charge >= 0.3 is 0 Å². The van der Waals surface area contributed by atoms with Gasteiger partial charge in [0.1, 0.15) is 5.71 Å². The molecule has 5 N–H and O–H groups in total. The maximum atomic E-state index is 12.4. The van der Waals surface area contributed by atoms with E-state index in [-0.39, 0.29) is 23.3 Å². The van der Waals surface area contributed by atoms with Gasteiger partial charge in [-0.3, -0.25) is 29.4 Å². The van der Waals surface area contributed by atoms with Crippen molar-refractivity contribution < 1.29 is 14.4 Å². The molecule has 0 unspecified atom stereocenters. The van der Waals surface area contributed by atoms with Crippen LogP contribution in [0.25, 0.3) is 17.3 Å². The summed E-state index contributed by atoms with van der Waals surface area (Å²) in [6.07, 6.45) is 4.79. The average molecular weight is 470 g/mol. The van der Waals surface area contributed by atoms with Crippen LogP contribution in [0.15, 0.2) is 76.2 Å². The average Bonchev–Trinajstić information content (AvgIpc) is 3.37. The number of hydrogen-bond acceptors (Lipinski definition) is 5. The van der Waals surface area contributed by atoms with Crippen molar-refractivity contribution in [2.24, 2.45) is 5.10 Å². The fourth-order valence-corrected chi connectivity index (χ4v) is 3.54. The predicted molar refractivity (Wildman–Crippen MR) is 134 cm³/mol. The van der Waals surface area contributed by atoms with Crippen LogP contribution in [0.1, 0.15) is 25.0 Å². The molecule has 2 heterocycles. The molecule has 0 fully saturated rings. The highest BCUT2D eigenvalue weighted by Crippen LogP contribution is 2.23. The first kappa shape index (κ1) is 23.2. The van der Waals surface area contributed by atoms with Gasteiger partial charge < -0.3 is 10.6 Å². The molecule has 10 heteroatoms. The lowest BCUT2D eigenvalue weighted by Gasteiger charge is -2.05. The Labute approximate surface area is 199 Å². The van der Waals surface area contributed by atoms with Crippen molar-refractivity contribution in [3.63, 3.8) is 0 Å². The Balaban J connectivity index is 1.57. The Morgan fingerprint density at radius 1 is 0.829 bits per heavy atom. The summed E-state index contributed by atoms with van der Waals surface area (Å²) in [6, 6.07) is 14.0. The van der Waals surface area contributed by atoms with E-state index in [1.54, 1.807) is 66.8 Å². The molecule has 1 aliphatic rings. The van der Waals surface area contributed by atoms with E-state index in [9.17, 15) is 19.2 Å². The zero-order valence-electron chi connectivity index (χ0n) is 18.9. The van der Waals surface area contributed by atoms with Crippen LogP contribution in [0.3, 0.4) is 0 Å². The number of hydrazone groups is 1. The summed E-state index contributed by atoms with van der Waals surface area (Å²) in [5.74, 6) is -0.722. The van der Waals surface area contributed by atoms with Gasteiger partial charge in [0.2, 0.25) is 11.8 Å². The topological polar surface area (TPSA) is 148 Å². The van der Waals surface area contributed by atoms with Crippen molar-refractivity contribution in [3.05, 3.63) is 87.7 Å². The van der Waals surface area contributed by atoms with Gasteiger partial charge in [0, 0.05) is 36.3 Å². The molecule has 2 aromatic carbocycles. The number of carbonyl (C=O) groups excluding carboxylic acids is 3. The van der Waals surface area contributed by atoms with Crippen molar-refractivity contribution >= 4 is 40.9 Å². The van der Waals surface area contributed by atoms with Crippen LogP contribution in [0.4, 0.5) is 11.4 Å². The molecule has 35 heavy (non-hydrogen) atoms. The number of allylic oxidation sites excluding steroid dienone is 2. The van der Waals surface area contributed by atoms with Crippen molar-refractivity contribution in [1.82, 2.24) is 15.6 Å². The second-order valence-electron chi connectivity index (χ2n) is 7.73. The third kappa shape index (κ3) is 5.33. The van der Waals surface area contributed by atoms with E-state index in [1.807, 2.05) is 0 Å². The molecule has 0 saturated heterocycles. The number of rotatable bonds is 6. The first-order chi connectivity index (χ1) is 16.8. The van der Waals surface area contributed by atoms with Gasteiger partial charge in [-0.15, -0.1) is 0 Å². The Morgan fingerprint density at radius 2 is 1.40 bits per heavy atom. The molecule has 0 bridgehead atoms. The third-order valence-corrected chi connectivity index (χ3v) is 5.08. The molecule has 3 aromatic rings. The standard InChI is InChI=1S/C25H22N6O4/c1-14(32)26-18-10-6-16(7-11-18)22-20(24(34)30-28-22)4-3-5-21-23(29-31-25(21)35)17-8-12-19(13-9-17)27-15(2)33/h3-13H,1-2H3,(H,26,32)(H,27,33)(H,30,34)(H2,29,31,35). The minimum Gasteiger partial charge on any atom is -0.326 e. The molecule has 1 aromatic heterocycles. The van der Waals surface area contributed by atoms with Gasteiger partial charge in [-0.25, -0.2) is 5.43 Å². The number of benzene rings is 2. The lowest BCUT2D eigenvalue weighted by atomic mass is 10.0. The Morgan fingerprint density at radius 3 is 1.97 bits per heavy atom. The Hall–Kier alpha value is -4.99. The van der Waals surface area contributed by atoms with Gasteiger partial charge in [0.25, 0.3) is 11.5 Å². The summed E-state index contributed by atoms with van der Waals surface area (Å²) in [6.45, 7) is 2.85. The Kier molecular flexibility index (Phi) is 6.54. The van der Waals surface area contributed by atoms with Gasteiger partial charge in [-0.05, 0) is 36.4 Å². The fourth-order valence-electron chi connectivity index (χ4n) is 3.54. The number of aromatic amines is 2. The highest BCUT2D eigenvalue weighted by Gasteiger charge is 2.23. The zero-order valence-corrected chi connectivity index (χ0v) is 18.9. The molecule has 4 rings (SSSR count). The Bertz CT molecular complexity index is 1440. The molecule has 10 nitrogen and oxygen atoms in total. The fraction of sp³-hybridized carbons (Fsp3) is 0.0800. The van der Waals surface area contributed by atoms with Gasteiger partial charge in [-0.2, -0.15) is 5.10 Å². The van der Waals surface area contributed by atoms with Gasteiger partial charge in [0.05, 0.1) is 16.8 Å². The number of aromatic nitrogens is 2. The van der Waals surface area contributed by atoms with Crippen LogP contribution >= 0.6 is 0 Å². The smallest absolute Gasteiger partial charge is 0.273 e. The van der Waals surface area contributed by atoms with Crippen molar-refractivity contribution in [3.8, 4) is 11.3 Å². The van der Waals surface area contributed by atoms with Crippen LogP contribution in [0.2, 0.25) is 0 Å². The molecule has 0 radical (unpaired) electrons. The molecule has 176 valence electrons. The first-order valence-electron chi connectivity index (χ1n) is 10.7. The lowest BCUT2D eigenvalue weighted by molar-refractivity contribution is -0.116. The van der Waals surface area contributed by atoms with E-state index in [0.29, 0.717) is 39.5 Å². The first-order valence-corrected chi connectivity index (χ1v) is 10.7. The van der Waals surface area contributed by atoms with Crippen molar-refractivity contribution in [2.45, 2.75) is 13.8 Å². The number of H-pyrrole nitrogens is 2. The quantitative estimate of drug-likeness (QED) is 0.352. The van der Waals surface area contributed by atoms with E-state index in [0.717, 1.165) is 5.56 Å². The minimum atomic E-state index is -0.368. The summed E-state index contributed by atoms with van der Waals surface area (Å²) in [5.41, 5.74) is 6.57. The summed E-state index contributed by atoms with van der Waals surface area (Å²) < 4.78 is 0. The summed E-state index contributed by atoms with van der Waals surface area (Å²) in [4.78, 5) is 47.1. The van der Waals surface area contributed by atoms with Gasteiger partial charge in [0.15, 0.2) is 0 Å². The maximum absolute atomic E-state index is 12.4. The second kappa shape index (κ2) is 9.87. The number of anilines is 2. The molecule has 0 atom stereocenters. The number of carbonyl (C=O) groups is 3. The van der Waals surface area contributed by atoms with Gasteiger partial charge in [-0.1, -0.05) is 30.3 Å². The third-order valence-electron chi connectivity index (χ3n) is 5.08. The SMILES string of the molecule is CC(=O)Nc1ccc(C2=NNC(=O)C2=CC=Cc2c(-c3ccc(NC(C)=O)cc3)[nH][nH]c2=O)cc1.